The Morgan fingerprint density at radius 3 is 1.83 bits per heavy atom. The first-order valence-corrected chi connectivity index (χ1v) is 8.05. The van der Waals surface area contributed by atoms with Gasteiger partial charge in [-0.25, -0.2) is 0 Å². The van der Waals surface area contributed by atoms with Crippen LogP contribution in [0.15, 0.2) is 54.6 Å². The first-order chi connectivity index (χ1) is 10.8. The fraction of sp³-hybridized carbons (Fsp3) is 0.333. The molecule has 0 spiro atoms. The van der Waals surface area contributed by atoms with E-state index in [1.807, 2.05) is 27.7 Å². The topological polar surface area (TPSA) is 20.2 Å². The minimum absolute atomic E-state index is 0. The van der Waals surface area contributed by atoms with E-state index in [-0.39, 0.29) is 0 Å². The van der Waals surface area contributed by atoms with Crippen LogP contribution in [0.5, 0.6) is 0 Å². The molecule has 0 bridgehead atoms. The second kappa shape index (κ2) is 17.2. The fourth-order valence-corrected chi connectivity index (χ4v) is 1.86. The van der Waals surface area contributed by atoms with Gasteiger partial charge in [0.15, 0.2) is 0 Å². The first-order valence-electron chi connectivity index (χ1n) is 8.05. The molecular formula is C21H32CmO. The molecule has 0 aromatic heterocycles. The normalized spacial score (nSPS) is 8.35. The minimum Gasteiger partial charge on any atom is -0.400 e. The van der Waals surface area contributed by atoms with Crippen LogP contribution < -0.4 is 0 Å². The number of aliphatic hydroxyl groups excluding tert-OH is 1. The molecule has 0 amide bonds. The van der Waals surface area contributed by atoms with E-state index in [2.05, 4.69) is 74.5 Å². The monoisotopic (exact) mass is 543 g/mol. The molecule has 0 saturated carbocycles. The van der Waals surface area contributed by atoms with Crippen LogP contribution in [-0.2, 0) is 0 Å². The smallest absolute Gasteiger partial charge is 0.0319 e. The summed E-state index contributed by atoms with van der Waals surface area (Å²) in [7, 11) is 1.00. The molecule has 0 heterocycles. The second-order valence-electron chi connectivity index (χ2n) is 3.96. The summed E-state index contributed by atoms with van der Waals surface area (Å²) in [6, 6.07) is 17.1. The van der Waals surface area contributed by atoms with Crippen LogP contribution >= 0.6 is 0 Å². The molecule has 0 aliphatic rings. The Morgan fingerprint density at radius 2 is 1.35 bits per heavy atom. The van der Waals surface area contributed by atoms with Gasteiger partial charge in [-0.15, -0.1) is 0 Å². The van der Waals surface area contributed by atoms with Crippen molar-refractivity contribution in [3.05, 3.63) is 65.7 Å². The summed E-state index contributed by atoms with van der Waals surface area (Å²) in [5.41, 5.74) is 5.16. The van der Waals surface area contributed by atoms with E-state index in [9.17, 15) is 0 Å². The third-order valence-corrected chi connectivity index (χ3v) is 2.64. The molecule has 130 valence electrons. The van der Waals surface area contributed by atoms with Crippen molar-refractivity contribution in [2.45, 2.75) is 41.5 Å². The zero-order chi connectivity index (χ0) is 17.4. The zero-order valence-electron chi connectivity index (χ0n) is 15.6. The maximum atomic E-state index is 7.00. The van der Waals surface area contributed by atoms with Crippen molar-refractivity contribution in [3.8, 4) is 11.1 Å². The van der Waals surface area contributed by atoms with E-state index in [0.29, 0.717) is 0 Å². The van der Waals surface area contributed by atoms with Crippen molar-refractivity contribution in [2.75, 3.05) is 7.11 Å². The summed E-state index contributed by atoms with van der Waals surface area (Å²) < 4.78 is 0. The Morgan fingerprint density at radius 1 is 0.826 bits per heavy atom. The Hall–Kier alpha value is -2.86. The molecule has 0 fully saturated rings. The Labute approximate surface area is 137 Å². The van der Waals surface area contributed by atoms with Gasteiger partial charge in [0.05, 0.1) is 0 Å². The van der Waals surface area contributed by atoms with Gasteiger partial charge in [0.1, 0.15) is 0 Å². The van der Waals surface area contributed by atoms with E-state index >= 15 is 0 Å². The molecule has 2 aromatic rings. The molecule has 1 N–H and O–H groups in total. The van der Waals surface area contributed by atoms with Crippen LogP contribution in [0.25, 0.3) is 17.2 Å². The number of benzene rings is 2. The van der Waals surface area contributed by atoms with Gasteiger partial charge in [-0.3, -0.25) is 0 Å². The molecule has 23 heavy (non-hydrogen) atoms. The van der Waals surface area contributed by atoms with Crippen molar-refractivity contribution in [2.24, 2.45) is 0 Å². The van der Waals surface area contributed by atoms with Gasteiger partial charge < -0.3 is 5.11 Å². The predicted octanol–water partition coefficient (Wildman–Crippen LogP) is 6.36. The quantitative estimate of drug-likeness (QED) is 0.464. The predicted molar refractivity (Wildman–Crippen MR) is 102 cm³/mol. The third kappa shape index (κ3) is 8.90. The molecule has 2 heteroatoms. The van der Waals surface area contributed by atoms with Crippen LogP contribution in [0, 0.1) is 6.92 Å². The molecule has 1 nitrogen and oxygen atoms in total. The number of rotatable bonds is 2. The van der Waals surface area contributed by atoms with Crippen LogP contribution in [0.3, 0.4) is 0 Å². The van der Waals surface area contributed by atoms with E-state index < -0.39 is 0 Å². The maximum Gasteiger partial charge on any atom is 0.0319 e. The molecular weight excluding hydrogens is 515 g/mol. The molecule has 0 saturated heterocycles. The standard InChI is InChI=1S/C16H16.2C2H6.CH4O.Cm/c1-3-7-14-11-10-13(2)12-16(14)15-8-5-4-6-9-15;3*1-2;/h3-12H,1-2H3;2*1-2H3;2H,1H3;/b7-3+;;;;. The van der Waals surface area contributed by atoms with E-state index in [1.165, 1.54) is 22.3 Å². The van der Waals surface area contributed by atoms with Crippen molar-refractivity contribution in [1.29, 1.82) is 0 Å². The summed E-state index contributed by atoms with van der Waals surface area (Å²) in [6.07, 6.45) is 4.23. The molecule has 0 radical (unpaired) electrons. The molecule has 0 aliphatic heterocycles. The number of allylic oxidation sites excluding steroid dienone is 1. The van der Waals surface area contributed by atoms with Gasteiger partial charge in [0.25, 0.3) is 0 Å². The van der Waals surface area contributed by atoms with Crippen molar-refractivity contribution in [1.82, 2.24) is 0 Å². The SMILES string of the molecule is C/C=C/c1ccc(C)cc1-c1ccccc1.CC.CC.CO.[Cm]. The number of aryl methyl sites for hydroxylation is 1. The minimum atomic E-state index is 0. The molecule has 0 unspecified atom stereocenters. The first kappa shape index (κ1) is 25.1. The summed E-state index contributed by atoms with van der Waals surface area (Å²) in [5, 5.41) is 7.00. The molecule has 2 aromatic carbocycles. The molecule has 0 aliphatic carbocycles. The van der Waals surface area contributed by atoms with Crippen LogP contribution in [-0.4, -0.2) is 12.2 Å². The summed E-state index contributed by atoms with van der Waals surface area (Å²) in [4.78, 5) is 0. The van der Waals surface area contributed by atoms with Gasteiger partial charge in [-0.2, -0.15) is 0 Å². The zero-order valence-corrected chi connectivity index (χ0v) is 18.5. The molecule has 2 rings (SSSR count). The van der Waals surface area contributed by atoms with Crippen molar-refractivity contribution < 1.29 is 5.11 Å². The fourth-order valence-electron chi connectivity index (χ4n) is 1.86. The van der Waals surface area contributed by atoms with Crippen LogP contribution in [0.4, 0.5) is 0 Å². The van der Waals surface area contributed by atoms with Gasteiger partial charge in [-0.1, -0.05) is 93.9 Å². The average molecular weight is 547 g/mol. The van der Waals surface area contributed by atoms with Gasteiger partial charge in [-0.05, 0) is 30.5 Å². The summed E-state index contributed by atoms with van der Waals surface area (Å²) >= 11 is 0. The van der Waals surface area contributed by atoms with E-state index in [1.54, 1.807) is 0 Å². The number of aliphatic hydroxyl groups is 1. The summed E-state index contributed by atoms with van der Waals surface area (Å²) in [5.74, 6) is 0. The van der Waals surface area contributed by atoms with Crippen molar-refractivity contribution >= 4 is 6.08 Å². The Kier molecular flexibility index (Phi) is 18.8. The summed E-state index contributed by atoms with van der Waals surface area (Å²) in [6.45, 7) is 12.2. The average Bonchev–Trinajstić information content (AvgIpc) is 2.63. The van der Waals surface area contributed by atoms with Crippen LogP contribution in [0.1, 0.15) is 45.7 Å². The maximum absolute atomic E-state index is 7.00. The number of hydrogen-bond acceptors (Lipinski definition) is 1. The van der Waals surface area contributed by atoms with Crippen LogP contribution in [0.2, 0.25) is 0 Å². The van der Waals surface area contributed by atoms with Crippen molar-refractivity contribution in [3.63, 3.8) is 0 Å². The van der Waals surface area contributed by atoms with E-state index in [4.69, 9.17) is 5.11 Å². The van der Waals surface area contributed by atoms with E-state index in [0.717, 1.165) is 7.11 Å². The second-order valence-corrected chi connectivity index (χ2v) is 3.96. The van der Waals surface area contributed by atoms with Gasteiger partial charge >= 0.3 is 0 Å². The Bertz CT molecular complexity index is 505. The Balaban J connectivity index is -0.000000514. The molecule has 0 atom stereocenters. The number of hydrogen-bond donors (Lipinski definition) is 1. The van der Waals surface area contributed by atoms with Gasteiger partial charge in [0.2, 0.25) is 0 Å². The largest absolute Gasteiger partial charge is 0.400 e. The van der Waals surface area contributed by atoms with Gasteiger partial charge in [0, 0.05) is 7.11 Å². The third-order valence-electron chi connectivity index (χ3n) is 2.64.